The Labute approximate surface area is 130 Å². The van der Waals surface area contributed by atoms with E-state index in [2.05, 4.69) is 32.4 Å². The maximum absolute atomic E-state index is 11.8. The molecule has 120 valence electrons. The molecule has 1 fully saturated rings. The lowest BCUT2D eigenvalue weighted by Crippen LogP contribution is -2.40. The number of likely N-dealkylation sites (N-methyl/N-ethyl adjacent to an activating group) is 1. The molecular weight excluding hydrogens is 282 g/mol. The fourth-order valence-electron chi connectivity index (χ4n) is 2.66. The molecule has 0 aliphatic carbocycles. The van der Waals surface area contributed by atoms with Gasteiger partial charge in [0.15, 0.2) is 0 Å². The normalized spacial score (nSPS) is 18.1. The lowest BCUT2D eigenvalue weighted by atomic mass is 10.2. The Morgan fingerprint density at radius 1 is 1.36 bits per heavy atom. The van der Waals surface area contributed by atoms with Gasteiger partial charge in [-0.25, -0.2) is 4.98 Å². The largest absolute Gasteiger partial charge is 0.354 e. The molecule has 2 amide bonds. The molecule has 0 saturated carbocycles. The number of aromatic nitrogens is 2. The average Bonchev–Trinajstić information content (AvgIpc) is 3.01. The Morgan fingerprint density at radius 3 is 2.95 bits per heavy atom. The van der Waals surface area contributed by atoms with E-state index in [1.807, 2.05) is 0 Å². The van der Waals surface area contributed by atoms with E-state index in [9.17, 15) is 9.59 Å². The number of carbonyl (C=O) groups is 2. The van der Waals surface area contributed by atoms with E-state index in [-0.39, 0.29) is 23.9 Å². The van der Waals surface area contributed by atoms with Crippen LogP contribution in [0.15, 0.2) is 18.6 Å². The van der Waals surface area contributed by atoms with Gasteiger partial charge in [-0.1, -0.05) is 6.92 Å². The van der Waals surface area contributed by atoms with Crippen LogP contribution in [-0.2, 0) is 4.79 Å². The molecule has 1 atom stereocenters. The Bertz CT molecular complexity index is 494. The van der Waals surface area contributed by atoms with Crippen LogP contribution in [0.4, 0.5) is 0 Å². The van der Waals surface area contributed by atoms with Gasteiger partial charge in [0, 0.05) is 37.9 Å². The summed E-state index contributed by atoms with van der Waals surface area (Å²) in [6.07, 6.45) is 6.97. The number of carbonyl (C=O) groups excluding carboxylic acids is 2. The molecule has 1 aliphatic rings. The van der Waals surface area contributed by atoms with Crippen molar-refractivity contribution in [3.05, 3.63) is 24.3 Å². The van der Waals surface area contributed by atoms with Gasteiger partial charge in [-0.15, -0.1) is 0 Å². The molecule has 1 unspecified atom stereocenters. The first-order valence-electron chi connectivity index (χ1n) is 7.75. The Morgan fingerprint density at radius 2 is 2.23 bits per heavy atom. The number of hydrogen-bond donors (Lipinski definition) is 2. The first-order chi connectivity index (χ1) is 10.7. The number of hydrogen-bond acceptors (Lipinski definition) is 5. The quantitative estimate of drug-likeness (QED) is 0.751. The number of nitrogens with zero attached hydrogens (tertiary/aromatic N) is 3. The van der Waals surface area contributed by atoms with Crippen LogP contribution in [-0.4, -0.2) is 58.9 Å². The summed E-state index contributed by atoms with van der Waals surface area (Å²) in [5.41, 5.74) is 0.257. The van der Waals surface area contributed by atoms with Gasteiger partial charge in [0.1, 0.15) is 5.69 Å². The highest BCUT2D eigenvalue weighted by molar-refractivity contribution is 5.92. The van der Waals surface area contributed by atoms with Crippen LogP contribution in [0.3, 0.4) is 0 Å². The number of likely N-dealkylation sites (tertiary alicyclic amines) is 1. The van der Waals surface area contributed by atoms with E-state index >= 15 is 0 Å². The Hall–Kier alpha value is -2.02. The second-order valence-electron chi connectivity index (χ2n) is 5.33. The molecule has 1 aliphatic heterocycles. The second-order valence-corrected chi connectivity index (χ2v) is 5.33. The molecule has 0 aromatic carbocycles. The summed E-state index contributed by atoms with van der Waals surface area (Å²) in [6, 6.07) is 0.447. The molecule has 0 radical (unpaired) electrons. The Kier molecular flexibility index (Phi) is 6.27. The zero-order valence-electron chi connectivity index (χ0n) is 12.9. The SMILES string of the molecule is CCN1CCCC1CNC(=O)CCNC(=O)c1cnccn1. The van der Waals surface area contributed by atoms with Crippen molar-refractivity contribution >= 4 is 11.8 Å². The van der Waals surface area contributed by atoms with Gasteiger partial charge in [-0.3, -0.25) is 19.5 Å². The van der Waals surface area contributed by atoms with Gasteiger partial charge in [0.05, 0.1) is 6.20 Å². The van der Waals surface area contributed by atoms with Crippen molar-refractivity contribution in [2.45, 2.75) is 32.2 Å². The summed E-state index contributed by atoms with van der Waals surface area (Å²) in [6.45, 7) is 5.26. The van der Waals surface area contributed by atoms with Gasteiger partial charge in [0.25, 0.3) is 5.91 Å². The number of rotatable bonds is 7. The minimum Gasteiger partial charge on any atom is -0.354 e. The van der Waals surface area contributed by atoms with Crippen LogP contribution in [0.2, 0.25) is 0 Å². The molecule has 7 heteroatoms. The van der Waals surface area contributed by atoms with E-state index in [4.69, 9.17) is 0 Å². The maximum atomic E-state index is 11.8. The van der Waals surface area contributed by atoms with Crippen molar-refractivity contribution in [2.75, 3.05) is 26.2 Å². The first kappa shape index (κ1) is 16.4. The molecule has 2 rings (SSSR count). The fraction of sp³-hybridized carbons (Fsp3) is 0.600. The van der Waals surface area contributed by atoms with Crippen LogP contribution in [0.1, 0.15) is 36.7 Å². The second kappa shape index (κ2) is 8.43. The minimum absolute atomic E-state index is 0.0394. The lowest BCUT2D eigenvalue weighted by Gasteiger charge is -2.22. The molecule has 1 aromatic rings. The van der Waals surface area contributed by atoms with E-state index in [0.29, 0.717) is 19.1 Å². The van der Waals surface area contributed by atoms with Crippen LogP contribution in [0.5, 0.6) is 0 Å². The predicted molar refractivity (Wildman–Crippen MR) is 82.3 cm³/mol. The molecule has 2 N–H and O–H groups in total. The molecule has 0 bridgehead atoms. The Balaban J connectivity index is 1.63. The highest BCUT2D eigenvalue weighted by Gasteiger charge is 2.22. The number of amides is 2. The van der Waals surface area contributed by atoms with Crippen LogP contribution in [0.25, 0.3) is 0 Å². The fourth-order valence-corrected chi connectivity index (χ4v) is 2.66. The highest BCUT2D eigenvalue weighted by Crippen LogP contribution is 2.15. The summed E-state index contributed by atoms with van der Waals surface area (Å²) in [4.78, 5) is 33.6. The van der Waals surface area contributed by atoms with Crippen LogP contribution >= 0.6 is 0 Å². The third kappa shape index (κ3) is 4.77. The summed E-state index contributed by atoms with van der Waals surface area (Å²) in [5.74, 6) is -0.351. The topological polar surface area (TPSA) is 87.2 Å². The summed E-state index contributed by atoms with van der Waals surface area (Å²) in [5, 5.41) is 5.61. The van der Waals surface area contributed by atoms with Gasteiger partial charge >= 0.3 is 0 Å². The summed E-state index contributed by atoms with van der Waals surface area (Å²) in [7, 11) is 0. The van der Waals surface area contributed by atoms with E-state index < -0.39 is 0 Å². The van der Waals surface area contributed by atoms with Crippen molar-refractivity contribution in [1.82, 2.24) is 25.5 Å². The predicted octanol–water partition coefficient (Wildman–Crippen LogP) is 0.197. The third-order valence-corrected chi connectivity index (χ3v) is 3.87. The minimum atomic E-state index is -0.311. The monoisotopic (exact) mass is 305 g/mol. The van der Waals surface area contributed by atoms with Crippen molar-refractivity contribution in [2.24, 2.45) is 0 Å². The van der Waals surface area contributed by atoms with E-state index in [1.54, 1.807) is 0 Å². The zero-order valence-corrected chi connectivity index (χ0v) is 12.9. The van der Waals surface area contributed by atoms with Crippen molar-refractivity contribution in [3.8, 4) is 0 Å². The van der Waals surface area contributed by atoms with Gasteiger partial charge in [0.2, 0.25) is 5.91 Å². The molecule has 0 spiro atoms. The van der Waals surface area contributed by atoms with Gasteiger partial charge in [-0.2, -0.15) is 0 Å². The molecule has 22 heavy (non-hydrogen) atoms. The zero-order chi connectivity index (χ0) is 15.8. The highest BCUT2D eigenvalue weighted by atomic mass is 16.2. The number of nitrogens with one attached hydrogen (secondary N) is 2. The van der Waals surface area contributed by atoms with E-state index in [0.717, 1.165) is 19.5 Å². The molecule has 7 nitrogen and oxygen atoms in total. The first-order valence-corrected chi connectivity index (χ1v) is 7.75. The molecule has 1 aromatic heterocycles. The average molecular weight is 305 g/mol. The van der Waals surface area contributed by atoms with Gasteiger partial charge < -0.3 is 10.6 Å². The summed E-state index contributed by atoms with van der Waals surface area (Å²) >= 11 is 0. The van der Waals surface area contributed by atoms with Crippen LogP contribution < -0.4 is 10.6 Å². The molecular formula is C15H23N5O2. The van der Waals surface area contributed by atoms with Crippen molar-refractivity contribution < 1.29 is 9.59 Å². The molecule has 1 saturated heterocycles. The van der Waals surface area contributed by atoms with Crippen molar-refractivity contribution in [1.29, 1.82) is 0 Å². The van der Waals surface area contributed by atoms with Gasteiger partial charge in [-0.05, 0) is 25.9 Å². The maximum Gasteiger partial charge on any atom is 0.271 e. The van der Waals surface area contributed by atoms with Crippen LogP contribution in [0, 0.1) is 0 Å². The third-order valence-electron chi connectivity index (χ3n) is 3.87. The van der Waals surface area contributed by atoms with E-state index in [1.165, 1.54) is 25.0 Å². The van der Waals surface area contributed by atoms with Crippen molar-refractivity contribution in [3.63, 3.8) is 0 Å². The molecule has 2 heterocycles. The standard InChI is InChI=1S/C15H23N5O2/c1-2-20-9-3-4-12(20)10-19-14(21)5-6-18-15(22)13-11-16-7-8-17-13/h7-8,11-12H,2-6,9-10H2,1H3,(H,18,22)(H,19,21). The summed E-state index contributed by atoms with van der Waals surface area (Å²) < 4.78 is 0. The smallest absolute Gasteiger partial charge is 0.271 e. The lowest BCUT2D eigenvalue weighted by molar-refractivity contribution is -0.121.